The van der Waals surface area contributed by atoms with E-state index in [0.717, 1.165) is 54.9 Å². The molecule has 1 saturated heterocycles. The first-order valence-electron chi connectivity index (χ1n) is 20.0. The molecule has 4 rings (SSSR count). The van der Waals surface area contributed by atoms with Crippen molar-refractivity contribution < 1.29 is 47.3 Å². The van der Waals surface area contributed by atoms with Gasteiger partial charge in [0.25, 0.3) is 0 Å². The quantitative estimate of drug-likeness (QED) is 0.0777. The number of β-amino-alcohol motifs (C(OH)–C–C–N with tert-alkyl or cyclic N) is 1. The fourth-order valence-corrected chi connectivity index (χ4v) is 9.37. The maximum absolute atomic E-state index is 14.3. The van der Waals surface area contributed by atoms with Gasteiger partial charge >= 0.3 is 5.97 Å². The molecule has 2 fully saturated rings. The molecular weight excluding hydrogens is 741 g/mol. The van der Waals surface area contributed by atoms with Crippen molar-refractivity contribution in [1.29, 1.82) is 0 Å². The number of ether oxygens (including phenoxy) is 2. The standard InChI is InChI=1S/C41H62N4O10S/c1-4-5-18-36(41(50)43-37(23-30-12-7-6-8-13-30)39(48)38(47)25-45-19-21-54-22-20-45)42-40(49)33(24-32-16-11-15-31-14-9-10-17-35(31)32)27-56(51,52)28-34(44-53-3)26-55-29(2)46/h9-11,14-17,30,33,36-39,47-48H,4-8,12-13,18-28H2,1-3H3,(H,42,49)(H,43,50)/t33-,36+,37+,38+,39-/m1/s1. The van der Waals surface area contributed by atoms with E-state index in [2.05, 4.69) is 15.8 Å². The second-order valence-electron chi connectivity index (χ2n) is 15.2. The minimum absolute atomic E-state index is 0.0365. The van der Waals surface area contributed by atoms with Crippen molar-refractivity contribution in [3.05, 3.63) is 48.0 Å². The van der Waals surface area contributed by atoms with Crippen molar-refractivity contribution in [3.63, 3.8) is 0 Å². The first kappa shape index (κ1) is 45.1. The highest BCUT2D eigenvalue weighted by molar-refractivity contribution is 7.92. The number of unbranched alkanes of at least 4 members (excludes halogenated alkanes) is 1. The van der Waals surface area contributed by atoms with Crippen LogP contribution < -0.4 is 10.6 Å². The van der Waals surface area contributed by atoms with Crippen LogP contribution in [0.3, 0.4) is 0 Å². The number of amides is 2. The van der Waals surface area contributed by atoms with Gasteiger partial charge in [0.2, 0.25) is 11.8 Å². The number of carbonyl (C=O) groups excluding carboxylic acids is 3. The lowest BCUT2D eigenvalue weighted by molar-refractivity contribution is -0.139. The second-order valence-corrected chi connectivity index (χ2v) is 17.4. The fraction of sp³-hybridized carbons (Fsp3) is 0.659. The monoisotopic (exact) mass is 802 g/mol. The highest BCUT2D eigenvalue weighted by atomic mass is 32.2. The molecule has 4 N–H and O–H groups in total. The number of nitrogens with one attached hydrogen (secondary N) is 2. The van der Waals surface area contributed by atoms with E-state index in [1.165, 1.54) is 14.0 Å². The Balaban J connectivity index is 1.58. The molecule has 5 atom stereocenters. The number of oxime groups is 1. The van der Waals surface area contributed by atoms with Gasteiger partial charge in [-0.25, -0.2) is 8.42 Å². The number of aliphatic hydroxyl groups excluding tert-OH is 2. The Kier molecular flexibility index (Phi) is 18.5. The van der Waals surface area contributed by atoms with E-state index < -0.39 is 75.9 Å². The van der Waals surface area contributed by atoms with Crippen molar-refractivity contribution in [2.24, 2.45) is 17.0 Å². The van der Waals surface area contributed by atoms with E-state index in [1.54, 1.807) is 0 Å². The number of aliphatic hydroxyl groups is 2. The van der Waals surface area contributed by atoms with Crippen LogP contribution in [0.15, 0.2) is 47.6 Å². The number of nitrogens with zero attached hydrogens (tertiary/aromatic N) is 2. The minimum atomic E-state index is -4.05. The molecule has 2 aromatic rings. The van der Waals surface area contributed by atoms with Crippen LogP contribution in [0.4, 0.5) is 0 Å². The summed E-state index contributed by atoms with van der Waals surface area (Å²) < 4.78 is 37.9. The van der Waals surface area contributed by atoms with Crippen molar-refractivity contribution in [2.45, 2.75) is 102 Å². The Hall–Kier alpha value is -3.63. The molecular formula is C41H62N4O10S. The zero-order valence-corrected chi connectivity index (χ0v) is 34.0. The third-order valence-electron chi connectivity index (χ3n) is 10.7. The third kappa shape index (κ3) is 14.7. The Labute approximate surface area is 331 Å². The second kappa shape index (κ2) is 22.9. The highest BCUT2D eigenvalue weighted by Crippen LogP contribution is 2.29. The van der Waals surface area contributed by atoms with Crippen LogP contribution in [0.5, 0.6) is 0 Å². The summed E-state index contributed by atoms with van der Waals surface area (Å²) in [6.45, 7) is 5.37. The largest absolute Gasteiger partial charge is 0.460 e. The number of esters is 1. The third-order valence-corrected chi connectivity index (χ3v) is 12.4. The zero-order valence-electron chi connectivity index (χ0n) is 33.2. The number of fused-ring (bicyclic) bond motifs is 1. The topological polar surface area (TPSA) is 193 Å². The predicted molar refractivity (Wildman–Crippen MR) is 215 cm³/mol. The number of morpholine rings is 1. The summed E-state index contributed by atoms with van der Waals surface area (Å²) in [6, 6.07) is 11.5. The van der Waals surface area contributed by atoms with Crippen LogP contribution in [0.25, 0.3) is 10.8 Å². The number of sulfone groups is 1. The highest BCUT2D eigenvalue weighted by Gasteiger charge is 2.35. The molecule has 1 heterocycles. The molecule has 0 aromatic heterocycles. The number of hydrogen-bond donors (Lipinski definition) is 4. The van der Waals surface area contributed by atoms with Gasteiger partial charge in [-0.1, -0.05) is 99.5 Å². The molecule has 0 spiro atoms. The molecule has 56 heavy (non-hydrogen) atoms. The molecule has 1 saturated carbocycles. The van der Waals surface area contributed by atoms with E-state index in [-0.39, 0.29) is 31.0 Å². The first-order chi connectivity index (χ1) is 26.9. The van der Waals surface area contributed by atoms with E-state index in [0.29, 0.717) is 39.1 Å². The number of rotatable bonds is 22. The smallest absolute Gasteiger partial charge is 0.303 e. The maximum atomic E-state index is 14.3. The van der Waals surface area contributed by atoms with Gasteiger partial charge in [-0.05, 0) is 41.5 Å². The van der Waals surface area contributed by atoms with Crippen LogP contribution in [-0.2, 0) is 45.0 Å². The summed E-state index contributed by atoms with van der Waals surface area (Å²) in [5.41, 5.74) is 0.731. The normalized spacial score (nSPS) is 18.7. The summed E-state index contributed by atoms with van der Waals surface area (Å²) >= 11 is 0. The van der Waals surface area contributed by atoms with Crippen LogP contribution >= 0.6 is 0 Å². The van der Waals surface area contributed by atoms with Crippen molar-refractivity contribution in [1.82, 2.24) is 15.5 Å². The summed E-state index contributed by atoms with van der Waals surface area (Å²) in [5.74, 6) is -3.75. The van der Waals surface area contributed by atoms with Gasteiger partial charge in [0.1, 0.15) is 31.6 Å². The molecule has 15 heteroatoms. The molecule has 312 valence electrons. The predicted octanol–water partition coefficient (Wildman–Crippen LogP) is 3.16. The molecule has 1 aliphatic carbocycles. The van der Waals surface area contributed by atoms with E-state index in [4.69, 9.17) is 14.3 Å². The van der Waals surface area contributed by atoms with Crippen molar-refractivity contribution in [3.8, 4) is 0 Å². The summed E-state index contributed by atoms with van der Waals surface area (Å²) in [5, 5.41) is 34.2. The van der Waals surface area contributed by atoms with E-state index in [9.17, 15) is 33.0 Å². The maximum Gasteiger partial charge on any atom is 0.303 e. The van der Waals surface area contributed by atoms with Crippen LogP contribution in [0.1, 0.15) is 77.2 Å². The lowest BCUT2D eigenvalue weighted by atomic mass is 9.83. The molecule has 14 nitrogen and oxygen atoms in total. The Bertz CT molecular complexity index is 1690. The Morgan fingerprint density at radius 1 is 1.00 bits per heavy atom. The number of hydrogen-bond acceptors (Lipinski definition) is 12. The molecule has 2 amide bonds. The molecule has 1 aliphatic heterocycles. The van der Waals surface area contributed by atoms with E-state index >= 15 is 0 Å². The fourth-order valence-electron chi connectivity index (χ4n) is 7.73. The first-order valence-corrected chi connectivity index (χ1v) is 21.9. The van der Waals surface area contributed by atoms with Gasteiger partial charge in [-0.2, -0.15) is 0 Å². The van der Waals surface area contributed by atoms with Gasteiger partial charge in [0, 0.05) is 26.6 Å². The van der Waals surface area contributed by atoms with Gasteiger partial charge in [-0.15, -0.1) is 0 Å². The van der Waals surface area contributed by atoms with Crippen molar-refractivity contribution in [2.75, 3.05) is 58.1 Å². The average Bonchev–Trinajstić information content (AvgIpc) is 3.18. The van der Waals surface area contributed by atoms with Crippen LogP contribution in [0.2, 0.25) is 0 Å². The van der Waals surface area contributed by atoms with Crippen molar-refractivity contribution >= 4 is 44.1 Å². The molecule has 0 bridgehead atoms. The lowest BCUT2D eigenvalue weighted by Gasteiger charge is -2.35. The molecule has 0 unspecified atom stereocenters. The Morgan fingerprint density at radius 3 is 2.41 bits per heavy atom. The number of carbonyl (C=O) groups is 3. The van der Waals surface area contributed by atoms with Gasteiger partial charge in [0.05, 0.1) is 42.8 Å². The summed E-state index contributed by atoms with van der Waals surface area (Å²) in [6.07, 6.45) is 5.03. The van der Waals surface area contributed by atoms with Gasteiger partial charge in [0.15, 0.2) is 9.84 Å². The van der Waals surface area contributed by atoms with Gasteiger partial charge < -0.3 is 35.2 Å². The van der Waals surface area contributed by atoms with Crippen LogP contribution in [0, 0.1) is 11.8 Å². The number of benzene rings is 2. The molecule has 2 aromatic carbocycles. The summed E-state index contributed by atoms with van der Waals surface area (Å²) in [4.78, 5) is 46.9. The zero-order chi connectivity index (χ0) is 40.5. The Morgan fingerprint density at radius 2 is 1.71 bits per heavy atom. The molecule has 2 aliphatic rings. The lowest BCUT2D eigenvalue weighted by Crippen LogP contribution is -2.57. The van der Waals surface area contributed by atoms with Gasteiger partial charge in [-0.3, -0.25) is 19.3 Å². The average molecular weight is 803 g/mol. The van der Waals surface area contributed by atoms with E-state index in [1.807, 2.05) is 54.3 Å². The SMILES string of the molecule is CCCC[C@H](NC(=O)[C@H](Cc1cccc2ccccc12)CS(=O)(=O)CC(COC(C)=O)=NOC)C(=O)N[C@@H](CC1CCCCC1)[C@@H](O)[C@@H](O)CN1CCOCC1. The van der Waals surface area contributed by atoms with Crippen LogP contribution in [-0.4, -0.2) is 129 Å². The minimum Gasteiger partial charge on any atom is -0.460 e. The summed E-state index contributed by atoms with van der Waals surface area (Å²) in [7, 11) is -2.79. The molecule has 0 radical (unpaired) electrons.